The molecule has 0 amide bonds. The molecule has 0 aliphatic rings. The molecule has 2 rings (SSSR count). The van der Waals surface area contributed by atoms with E-state index in [-0.39, 0.29) is 0 Å². The molecule has 5 nitrogen and oxygen atoms in total. The van der Waals surface area contributed by atoms with E-state index < -0.39 is 0 Å². The second-order valence-corrected chi connectivity index (χ2v) is 2.52. The van der Waals surface area contributed by atoms with Crippen molar-refractivity contribution in [2.75, 3.05) is 7.05 Å². The molecule has 5 heteroatoms. The zero-order valence-electron chi connectivity index (χ0n) is 7.15. The lowest BCUT2D eigenvalue weighted by molar-refractivity contribution is 0.371. The Morgan fingerprint density at radius 2 is 2.46 bits per heavy atom. The molecule has 0 radical (unpaired) electrons. The van der Waals surface area contributed by atoms with E-state index in [1.807, 2.05) is 7.05 Å². The molecular formula is C8H9N3O2. The molecule has 0 saturated heterocycles. The minimum Gasteiger partial charge on any atom is -0.461 e. The SMILES string of the molecule is CNCc1nc(-c2ccco2)no1. The summed E-state index contributed by atoms with van der Waals surface area (Å²) in [6.07, 6.45) is 1.57. The molecule has 0 aromatic carbocycles. The van der Waals surface area contributed by atoms with Crippen LogP contribution >= 0.6 is 0 Å². The average molecular weight is 179 g/mol. The van der Waals surface area contributed by atoms with Crippen molar-refractivity contribution in [2.24, 2.45) is 0 Å². The van der Waals surface area contributed by atoms with Crippen molar-refractivity contribution < 1.29 is 8.94 Å². The van der Waals surface area contributed by atoms with Crippen molar-refractivity contribution in [1.82, 2.24) is 15.5 Å². The number of aromatic nitrogens is 2. The van der Waals surface area contributed by atoms with Crippen LogP contribution in [0.25, 0.3) is 11.6 Å². The predicted octanol–water partition coefficient (Wildman–Crippen LogP) is 1.05. The van der Waals surface area contributed by atoms with Crippen LogP contribution < -0.4 is 5.32 Å². The Hall–Kier alpha value is -1.62. The lowest BCUT2D eigenvalue weighted by Gasteiger charge is -1.86. The number of rotatable bonds is 3. The summed E-state index contributed by atoms with van der Waals surface area (Å²) in [5.41, 5.74) is 0. The Balaban J connectivity index is 2.23. The Kier molecular flexibility index (Phi) is 2.09. The smallest absolute Gasteiger partial charge is 0.241 e. The van der Waals surface area contributed by atoms with Gasteiger partial charge in [-0.05, 0) is 19.2 Å². The lowest BCUT2D eigenvalue weighted by Crippen LogP contribution is -2.04. The highest BCUT2D eigenvalue weighted by molar-refractivity contribution is 5.44. The molecule has 0 aliphatic carbocycles. The molecule has 0 bridgehead atoms. The molecular weight excluding hydrogens is 170 g/mol. The first-order valence-corrected chi connectivity index (χ1v) is 3.91. The van der Waals surface area contributed by atoms with Crippen LogP contribution in [0.5, 0.6) is 0 Å². The van der Waals surface area contributed by atoms with Crippen molar-refractivity contribution in [3.63, 3.8) is 0 Å². The van der Waals surface area contributed by atoms with Gasteiger partial charge in [-0.3, -0.25) is 0 Å². The maximum absolute atomic E-state index is 5.11. The summed E-state index contributed by atoms with van der Waals surface area (Å²) in [5, 5.41) is 6.67. The van der Waals surface area contributed by atoms with Gasteiger partial charge in [-0.2, -0.15) is 4.98 Å². The van der Waals surface area contributed by atoms with Gasteiger partial charge < -0.3 is 14.3 Å². The van der Waals surface area contributed by atoms with Crippen LogP contribution in [0.3, 0.4) is 0 Å². The first-order chi connectivity index (χ1) is 6.40. The van der Waals surface area contributed by atoms with Gasteiger partial charge in [0.1, 0.15) is 0 Å². The maximum Gasteiger partial charge on any atom is 0.241 e. The lowest BCUT2D eigenvalue weighted by atomic mass is 10.4. The van der Waals surface area contributed by atoms with Crippen molar-refractivity contribution in [2.45, 2.75) is 6.54 Å². The van der Waals surface area contributed by atoms with Crippen LogP contribution in [-0.2, 0) is 6.54 Å². The van der Waals surface area contributed by atoms with E-state index in [2.05, 4.69) is 15.5 Å². The van der Waals surface area contributed by atoms with E-state index in [0.29, 0.717) is 24.0 Å². The van der Waals surface area contributed by atoms with Gasteiger partial charge in [0, 0.05) is 0 Å². The van der Waals surface area contributed by atoms with E-state index in [9.17, 15) is 0 Å². The van der Waals surface area contributed by atoms with E-state index in [4.69, 9.17) is 8.94 Å². The number of hydrogen-bond acceptors (Lipinski definition) is 5. The largest absolute Gasteiger partial charge is 0.461 e. The van der Waals surface area contributed by atoms with Crippen LogP contribution in [0.15, 0.2) is 27.3 Å². The zero-order chi connectivity index (χ0) is 9.10. The highest BCUT2D eigenvalue weighted by Gasteiger charge is 2.09. The molecule has 2 aromatic heterocycles. The zero-order valence-corrected chi connectivity index (χ0v) is 7.15. The Morgan fingerprint density at radius 3 is 3.15 bits per heavy atom. The van der Waals surface area contributed by atoms with Crippen molar-refractivity contribution in [1.29, 1.82) is 0 Å². The monoisotopic (exact) mass is 179 g/mol. The summed E-state index contributed by atoms with van der Waals surface area (Å²) in [5.74, 6) is 1.65. The highest BCUT2D eigenvalue weighted by Crippen LogP contribution is 2.15. The quantitative estimate of drug-likeness (QED) is 0.762. The third kappa shape index (κ3) is 1.59. The second kappa shape index (κ2) is 3.40. The molecule has 13 heavy (non-hydrogen) atoms. The molecule has 2 aromatic rings. The van der Waals surface area contributed by atoms with Gasteiger partial charge in [-0.25, -0.2) is 0 Å². The summed E-state index contributed by atoms with van der Waals surface area (Å²) < 4.78 is 10.1. The van der Waals surface area contributed by atoms with Gasteiger partial charge in [0.2, 0.25) is 11.7 Å². The summed E-state index contributed by atoms with van der Waals surface area (Å²) in [7, 11) is 1.82. The first kappa shape index (κ1) is 8.00. The van der Waals surface area contributed by atoms with Crippen LogP contribution in [0, 0.1) is 0 Å². The topological polar surface area (TPSA) is 64.1 Å². The number of furan rings is 1. The Morgan fingerprint density at radius 1 is 1.54 bits per heavy atom. The molecule has 2 heterocycles. The summed E-state index contributed by atoms with van der Waals surface area (Å²) in [4.78, 5) is 4.11. The van der Waals surface area contributed by atoms with Crippen molar-refractivity contribution in [3.8, 4) is 11.6 Å². The second-order valence-electron chi connectivity index (χ2n) is 2.52. The van der Waals surface area contributed by atoms with Crippen LogP contribution in [-0.4, -0.2) is 17.2 Å². The van der Waals surface area contributed by atoms with Gasteiger partial charge in [0.25, 0.3) is 0 Å². The molecule has 0 saturated carbocycles. The molecule has 68 valence electrons. The van der Waals surface area contributed by atoms with Crippen molar-refractivity contribution >= 4 is 0 Å². The van der Waals surface area contributed by atoms with Crippen LogP contribution in [0.1, 0.15) is 5.89 Å². The third-order valence-electron chi connectivity index (χ3n) is 1.54. The van der Waals surface area contributed by atoms with E-state index >= 15 is 0 Å². The number of nitrogens with zero attached hydrogens (tertiary/aromatic N) is 2. The average Bonchev–Trinajstić information content (AvgIpc) is 2.70. The fourth-order valence-corrected chi connectivity index (χ4v) is 0.984. The molecule has 1 N–H and O–H groups in total. The molecule has 0 unspecified atom stereocenters. The minimum atomic E-state index is 0.482. The van der Waals surface area contributed by atoms with Gasteiger partial charge in [0.15, 0.2) is 5.76 Å². The van der Waals surface area contributed by atoms with Gasteiger partial charge in [0.05, 0.1) is 12.8 Å². The molecule has 0 spiro atoms. The van der Waals surface area contributed by atoms with Gasteiger partial charge in [-0.15, -0.1) is 0 Å². The van der Waals surface area contributed by atoms with Gasteiger partial charge in [-0.1, -0.05) is 5.16 Å². The number of hydrogen-bond donors (Lipinski definition) is 1. The summed E-state index contributed by atoms with van der Waals surface area (Å²) in [6.45, 7) is 0.563. The minimum absolute atomic E-state index is 0.482. The van der Waals surface area contributed by atoms with Crippen molar-refractivity contribution in [3.05, 3.63) is 24.3 Å². The predicted molar refractivity (Wildman–Crippen MR) is 44.8 cm³/mol. The summed E-state index contributed by atoms with van der Waals surface area (Å²) in [6, 6.07) is 3.57. The van der Waals surface area contributed by atoms with E-state index in [1.165, 1.54) is 0 Å². The maximum atomic E-state index is 5.11. The van der Waals surface area contributed by atoms with Gasteiger partial charge >= 0.3 is 0 Å². The van der Waals surface area contributed by atoms with Crippen LogP contribution in [0.4, 0.5) is 0 Å². The van der Waals surface area contributed by atoms with E-state index in [0.717, 1.165) is 0 Å². The fraction of sp³-hybridized carbons (Fsp3) is 0.250. The Labute approximate surface area is 74.7 Å². The highest BCUT2D eigenvalue weighted by atomic mass is 16.5. The molecule has 0 fully saturated rings. The fourth-order valence-electron chi connectivity index (χ4n) is 0.984. The van der Waals surface area contributed by atoms with E-state index in [1.54, 1.807) is 18.4 Å². The molecule has 0 aliphatic heterocycles. The molecule has 0 atom stereocenters. The third-order valence-corrected chi connectivity index (χ3v) is 1.54. The number of nitrogens with one attached hydrogen (secondary N) is 1. The standard InChI is InChI=1S/C8H9N3O2/c1-9-5-7-10-8(11-13-7)6-3-2-4-12-6/h2-4,9H,5H2,1H3. The summed E-state index contributed by atoms with van der Waals surface area (Å²) >= 11 is 0. The normalized spacial score (nSPS) is 10.5. The van der Waals surface area contributed by atoms with Crippen LogP contribution in [0.2, 0.25) is 0 Å². The first-order valence-electron chi connectivity index (χ1n) is 3.91. The Bertz CT molecular complexity index is 366.